The third-order valence-corrected chi connectivity index (χ3v) is 4.49. The highest BCUT2D eigenvalue weighted by Crippen LogP contribution is 2.24. The summed E-state index contributed by atoms with van der Waals surface area (Å²) < 4.78 is 0. The van der Waals surface area contributed by atoms with Crippen LogP contribution in [0, 0.1) is 6.92 Å². The van der Waals surface area contributed by atoms with E-state index in [1.807, 2.05) is 13.0 Å². The summed E-state index contributed by atoms with van der Waals surface area (Å²) >= 11 is 1.52. The van der Waals surface area contributed by atoms with Crippen LogP contribution in [0.3, 0.4) is 0 Å². The quantitative estimate of drug-likeness (QED) is 0.885. The fourth-order valence-corrected chi connectivity index (χ4v) is 3.16. The molecule has 0 saturated heterocycles. The molecule has 0 fully saturated rings. The second-order valence-corrected chi connectivity index (χ2v) is 6.31. The topological polar surface area (TPSA) is 58.2 Å². The number of hydrogen-bond donors (Lipinski definition) is 2. The minimum absolute atomic E-state index is 0.108. The van der Waals surface area contributed by atoms with Crippen LogP contribution in [-0.4, -0.2) is 18.9 Å². The monoisotopic (exact) mass is 316 g/mol. The first-order valence-electron chi connectivity index (χ1n) is 7.28. The van der Waals surface area contributed by atoms with Gasteiger partial charge in [-0.2, -0.15) is 0 Å². The molecule has 4 nitrogen and oxygen atoms in total. The van der Waals surface area contributed by atoms with Gasteiger partial charge in [-0.15, -0.1) is 11.3 Å². The number of carbonyl (C=O) groups is 2. The van der Waals surface area contributed by atoms with Crippen molar-refractivity contribution < 1.29 is 9.59 Å². The Morgan fingerprint density at radius 2 is 1.82 bits per heavy atom. The maximum Gasteiger partial charge on any atom is 0.265 e. The summed E-state index contributed by atoms with van der Waals surface area (Å²) in [6.07, 6.45) is 2.07. The molecule has 0 bridgehead atoms. The van der Waals surface area contributed by atoms with Crippen molar-refractivity contribution in [3.8, 4) is 0 Å². The molecule has 2 aromatic rings. The van der Waals surface area contributed by atoms with E-state index in [1.165, 1.54) is 21.8 Å². The molecule has 2 N–H and O–H groups in total. The Bertz CT molecular complexity index is 674. The van der Waals surface area contributed by atoms with Crippen LogP contribution in [-0.2, 0) is 6.42 Å². The number of nitrogens with one attached hydrogen (secondary N) is 2. The molecule has 0 radical (unpaired) electrons. The summed E-state index contributed by atoms with van der Waals surface area (Å²) in [6.45, 7) is 4.18. The molecule has 22 heavy (non-hydrogen) atoms. The van der Waals surface area contributed by atoms with Crippen molar-refractivity contribution in [2.45, 2.75) is 26.7 Å². The highest BCUT2D eigenvalue weighted by Gasteiger charge is 2.12. The summed E-state index contributed by atoms with van der Waals surface area (Å²) in [6, 6.07) is 8.82. The van der Waals surface area contributed by atoms with Crippen LogP contribution in [0.15, 0.2) is 30.3 Å². The third-order valence-electron chi connectivity index (χ3n) is 3.40. The minimum Gasteiger partial charge on any atom is -0.355 e. The van der Waals surface area contributed by atoms with Gasteiger partial charge in [0.25, 0.3) is 11.8 Å². The number of thiophene rings is 1. The smallest absolute Gasteiger partial charge is 0.265 e. The zero-order chi connectivity index (χ0) is 16.1. The molecule has 1 aromatic heterocycles. The maximum absolute atomic E-state index is 12.3. The van der Waals surface area contributed by atoms with Crippen molar-refractivity contribution in [2.24, 2.45) is 0 Å². The van der Waals surface area contributed by atoms with Gasteiger partial charge in [0.05, 0.1) is 4.88 Å². The van der Waals surface area contributed by atoms with Gasteiger partial charge in [0, 0.05) is 23.2 Å². The van der Waals surface area contributed by atoms with E-state index in [0.29, 0.717) is 11.3 Å². The SMILES string of the molecule is CCCc1cc(C(=O)Nc2ccc(C(=O)NC)cc2)sc1C. The Kier molecular flexibility index (Phi) is 5.33. The van der Waals surface area contributed by atoms with Crippen LogP contribution in [0.2, 0.25) is 0 Å². The van der Waals surface area contributed by atoms with Crippen LogP contribution >= 0.6 is 11.3 Å². The maximum atomic E-state index is 12.3. The summed E-state index contributed by atoms with van der Waals surface area (Å²) in [4.78, 5) is 25.7. The van der Waals surface area contributed by atoms with Gasteiger partial charge in [0.1, 0.15) is 0 Å². The van der Waals surface area contributed by atoms with E-state index in [-0.39, 0.29) is 11.8 Å². The molecule has 1 aromatic carbocycles. The second-order valence-electron chi connectivity index (χ2n) is 5.05. The van der Waals surface area contributed by atoms with Crippen molar-refractivity contribution in [1.29, 1.82) is 0 Å². The van der Waals surface area contributed by atoms with Crippen LogP contribution in [0.25, 0.3) is 0 Å². The van der Waals surface area contributed by atoms with Gasteiger partial charge in [-0.1, -0.05) is 13.3 Å². The summed E-state index contributed by atoms with van der Waals surface area (Å²) in [7, 11) is 1.59. The Balaban J connectivity index is 2.08. The van der Waals surface area contributed by atoms with Crippen molar-refractivity contribution in [3.05, 3.63) is 51.2 Å². The van der Waals surface area contributed by atoms with E-state index in [4.69, 9.17) is 0 Å². The van der Waals surface area contributed by atoms with Crippen molar-refractivity contribution >= 4 is 28.8 Å². The summed E-state index contributed by atoms with van der Waals surface area (Å²) in [5.74, 6) is -0.251. The minimum atomic E-state index is -0.143. The molecule has 0 saturated carbocycles. The summed E-state index contributed by atoms with van der Waals surface area (Å²) in [5, 5.41) is 5.43. The molecule has 2 amide bonds. The lowest BCUT2D eigenvalue weighted by Gasteiger charge is -2.05. The Labute approximate surface area is 134 Å². The van der Waals surface area contributed by atoms with Crippen molar-refractivity contribution in [3.63, 3.8) is 0 Å². The van der Waals surface area contributed by atoms with E-state index in [0.717, 1.165) is 17.7 Å². The number of benzene rings is 1. The lowest BCUT2D eigenvalue weighted by molar-refractivity contribution is 0.0962. The zero-order valence-electron chi connectivity index (χ0n) is 13.0. The van der Waals surface area contributed by atoms with Gasteiger partial charge >= 0.3 is 0 Å². The molecule has 5 heteroatoms. The molecule has 0 spiro atoms. The zero-order valence-corrected chi connectivity index (χ0v) is 13.8. The number of rotatable bonds is 5. The molecule has 0 atom stereocenters. The van der Waals surface area contributed by atoms with Gasteiger partial charge in [-0.05, 0) is 49.2 Å². The van der Waals surface area contributed by atoms with Crippen LogP contribution < -0.4 is 10.6 Å². The van der Waals surface area contributed by atoms with E-state index in [2.05, 4.69) is 17.6 Å². The Morgan fingerprint density at radius 3 is 2.41 bits per heavy atom. The second kappa shape index (κ2) is 7.22. The number of hydrogen-bond acceptors (Lipinski definition) is 3. The van der Waals surface area contributed by atoms with Gasteiger partial charge in [-0.3, -0.25) is 9.59 Å². The molecule has 0 aliphatic heterocycles. The average Bonchev–Trinajstić information content (AvgIpc) is 2.89. The fourth-order valence-electron chi connectivity index (χ4n) is 2.19. The van der Waals surface area contributed by atoms with Crippen LogP contribution in [0.4, 0.5) is 5.69 Å². The molecule has 1 heterocycles. The predicted octanol–water partition coefficient (Wildman–Crippen LogP) is 3.62. The molecule has 0 aliphatic rings. The molecule has 0 unspecified atom stereocenters. The lowest BCUT2D eigenvalue weighted by Crippen LogP contribution is -2.17. The van der Waals surface area contributed by atoms with E-state index < -0.39 is 0 Å². The number of anilines is 1. The fraction of sp³-hybridized carbons (Fsp3) is 0.294. The molecule has 116 valence electrons. The van der Waals surface area contributed by atoms with Gasteiger partial charge in [0.15, 0.2) is 0 Å². The Hall–Kier alpha value is -2.14. The highest BCUT2D eigenvalue weighted by molar-refractivity contribution is 7.14. The molecular formula is C17H20N2O2S. The van der Waals surface area contributed by atoms with Crippen molar-refractivity contribution in [1.82, 2.24) is 5.32 Å². The first-order valence-corrected chi connectivity index (χ1v) is 8.09. The van der Waals surface area contributed by atoms with Crippen molar-refractivity contribution in [2.75, 3.05) is 12.4 Å². The average molecular weight is 316 g/mol. The first kappa shape index (κ1) is 16.2. The number of carbonyl (C=O) groups excluding carboxylic acids is 2. The van der Waals surface area contributed by atoms with Crippen LogP contribution in [0.5, 0.6) is 0 Å². The van der Waals surface area contributed by atoms with E-state index in [9.17, 15) is 9.59 Å². The predicted molar refractivity (Wildman–Crippen MR) is 90.8 cm³/mol. The number of aryl methyl sites for hydroxylation is 2. The van der Waals surface area contributed by atoms with Gasteiger partial charge in [0.2, 0.25) is 0 Å². The summed E-state index contributed by atoms with van der Waals surface area (Å²) in [5.41, 5.74) is 2.49. The van der Waals surface area contributed by atoms with Crippen LogP contribution in [0.1, 0.15) is 43.8 Å². The van der Waals surface area contributed by atoms with E-state index >= 15 is 0 Å². The normalized spacial score (nSPS) is 10.3. The van der Waals surface area contributed by atoms with Gasteiger partial charge < -0.3 is 10.6 Å². The van der Waals surface area contributed by atoms with E-state index in [1.54, 1.807) is 31.3 Å². The number of amides is 2. The largest absolute Gasteiger partial charge is 0.355 e. The highest BCUT2D eigenvalue weighted by atomic mass is 32.1. The Morgan fingerprint density at radius 1 is 1.14 bits per heavy atom. The molecule has 0 aliphatic carbocycles. The molecular weight excluding hydrogens is 296 g/mol. The molecule has 2 rings (SSSR count). The standard InChI is InChI=1S/C17H20N2O2S/c1-4-5-13-10-15(22-11(13)2)17(21)19-14-8-6-12(7-9-14)16(20)18-3/h6-10H,4-5H2,1-3H3,(H,18,20)(H,19,21). The van der Waals surface area contributed by atoms with Gasteiger partial charge in [-0.25, -0.2) is 0 Å². The first-order chi connectivity index (χ1) is 10.5. The lowest BCUT2D eigenvalue weighted by atomic mass is 10.1. The third kappa shape index (κ3) is 3.74.